The molecule has 2 heterocycles. The number of ether oxygens (including phenoxy) is 2. The highest BCUT2D eigenvalue weighted by Gasteiger charge is 2.43. The molecular formula is C12H13BrO3. The predicted octanol–water partition coefficient (Wildman–Crippen LogP) is 2.42. The van der Waals surface area contributed by atoms with Crippen LogP contribution in [0.4, 0.5) is 0 Å². The first-order chi connectivity index (χ1) is 7.69. The first kappa shape index (κ1) is 10.6. The SMILES string of the molecule is OC1CC2(CCOC2)Oc2ccc(Br)cc21. The summed E-state index contributed by atoms with van der Waals surface area (Å²) in [5, 5.41) is 10.2. The van der Waals surface area contributed by atoms with Crippen molar-refractivity contribution in [3.63, 3.8) is 0 Å². The Kier molecular flexibility index (Phi) is 2.46. The van der Waals surface area contributed by atoms with Gasteiger partial charge in [0.2, 0.25) is 0 Å². The number of aliphatic hydroxyl groups is 1. The molecule has 3 rings (SSSR count). The Bertz CT molecular complexity index is 413. The minimum atomic E-state index is -0.456. The molecule has 0 aliphatic carbocycles. The minimum absolute atomic E-state index is 0.305. The minimum Gasteiger partial charge on any atom is -0.484 e. The van der Waals surface area contributed by atoms with Gasteiger partial charge in [0.1, 0.15) is 11.4 Å². The monoisotopic (exact) mass is 284 g/mol. The Hall–Kier alpha value is -0.580. The zero-order valence-corrected chi connectivity index (χ0v) is 10.4. The van der Waals surface area contributed by atoms with Crippen molar-refractivity contribution < 1.29 is 14.6 Å². The number of hydrogen-bond acceptors (Lipinski definition) is 3. The van der Waals surface area contributed by atoms with Gasteiger partial charge in [0, 0.05) is 22.9 Å². The van der Waals surface area contributed by atoms with E-state index in [1.165, 1.54) is 0 Å². The molecule has 1 fully saturated rings. The summed E-state index contributed by atoms with van der Waals surface area (Å²) in [6, 6.07) is 5.75. The van der Waals surface area contributed by atoms with Crippen molar-refractivity contribution in [2.45, 2.75) is 24.5 Å². The molecule has 0 radical (unpaired) electrons. The Morgan fingerprint density at radius 2 is 2.31 bits per heavy atom. The maximum atomic E-state index is 10.2. The fraction of sp³-hybridized carbons (Fsp3) is 0.500. The zero-order valence-electron chi connectivity index (χ0n) is 8.78. The molecular weight excluding hydrogens is 272 g/mol. The second-order valence-corrected chi connectivity index (χ2v) is 5.41. The topological polar surface area (TPSA) is 38.7 Å². The summed E-state index contributed by atoms with van der Waals surface area (Å²) in [5.41, 5.74) is 0.562. The molecule has 0 saturated carbocycles. The fourth-order valence-corrected chi connectivity index (χ4v) is 2.82. The van der Waals surface area contributed by atoms with E-state index in [1.54, 1.807) is 0 Å². The molecule has 2 atom stereocenters. The van der Waals surface area contributed by atoms with Crippen molar-refractivity contribution in [3.05, 3.63) is 28.2 Å². The Morgan fingerprint density at radius 3 is 3.06 bits per heavy atom. The molecule has 1 N–H and O–H groups in total. The smallest absolute Gasteiger partial charge is 0.137 e. The van der Waals surface area contributed by atoms with E-state index in [0.29, 0.717) is 13.0 Å². The van der Waals surface area contributed by atoms with Gasteiger partial charge in [0.25, 0.3) is 0 Å². The molecule has 0 amide bonds. The van der Waals surface area contributed by atoms with Gasteiger partial charge in [-0.15, -0.1) is 0 Å². The molecule has 2 unspecified atom stereocenters. The lowest BCUT2D eigenvalue weighted by Crippen LogP contribution is -2.41. The number of rotatable bonds is 0. The van der Waals surface area contributed by atoms with Crippen molar-refractivity contribution >= 4 is 15.9 Å². The highest BCUT2D eigenvalue weighted by Crippen LogP contribution is 2.43. The lowest BCUT2D eigenvalue weighted by atomic mass is 9.88. The van der Waals surface area contributed by atoms with Gasteiger partial charge in [-0.2, -0.15) is 0 Å². The van der Waals surface area contributed by atoms with Crippen LogP contribution in [0.1, 0.15) is 24.5 Å². The molecule has 1 aromatic rings. The summed E-state index contributed by atoms with van der Waals surface area (Å²) in [5.74, 6) is 0.785. The second-order valence-electron chi connectivity index (χ2n) is 4.49. The molecule has 1 saturated heterocycles. The quantitative estimate of drug-likeness (QED) is 0.795. The summed E-state index contributed by atoms with van der Waals surface area (Å²) >= 11 is 3.40. The van der Waals surface area contributed by atoms with Crippen LogP contribution in [-0.4, -0.2) is 23.9 Å². The molecule has 86 valence electrons. The number of fused-ring (bicyclic) bond motifs is 1. The second kappa shape index (κ2) is 3.72. The zero-order chi connectivity index (χ0) is 11.2. The van der Waals surface area contributed by atoms with Crippen molar-refractivity contribution in [2.75, 3.05) is 13.2 Å². The molecule has 2 aliphatic heterocycles. The van der Waals surface area contributed by atoms with Crippen molar-refractivity contribution in [1.29, 1.82) is 0 Å². The van der Waals surface area contributed by atoms with Crippen LogP contribution in [0, 0.1) is 0 Å². The predicted molar refractivity (Wildman–Crippen MR) is 62.5 cm³/mol. The van der Waals surface area contributed by atoms with E-state index < -0.39 is 6.10 Å². The number of halogens is 1. The van der Waals surface area contributed by atoms with Crippen LogP contribution in [0.5, 0.6) is 5.75 Å². The number of benzene rings is 1. The van der Waals surface area contributed by atoms with Gasteiger partial charge in [0.05, 0.1) is 19.3 Å². The molecule has 0 bridgehead atoms. The highest BCUT2D eigenvalue weighted by atomic mass is 79.9. The molecule has 4 heteroatoms. The summed E-state index contributed by atoms with van der Waals surface area (Å²) in [6.07, 6.45) is 1.03. The van der Waals surface area contributed by atoms with E-state index >= 15 is 0 Å². The fourth-order valence-electron chi connectivity index (χ4n) is 2.44. The first-order valence-electron chi connectivity index (χ1n) is 5.43. The molecule has 2 aliphatic rings. The third-order valence-corrected chi connectivity index (χ3v) is 3.78. The Morgan fingerprint density at radius 1 is 1.44 bits per heavy atom. The van der Waals surface area contributed by atoms with Crippen LogP contribution in [0.3, 0.4) is 0 Å². The average Bonchev–Trinajstić information content (AvgIpc) is 2.68. The van der Waals surface area contributed by atoms with Crippen molar-refractivity contribution in [3.8, 4) is 5.75 Å². The summed E-state index contributed by atoms with van der Waals surface area (Å²) in [4.78, 5) is 0. The summed E-state index contributed by atoms with van der Waals surface area (Å²) in [7, 11) is 0. The third kappa shape index (κ3) is 1.65. The first-order valence-corrected chi connectivity index (χ1v) is 6.22. The van der Waals surface area contributed by atoms with Crippen LogP contribution in [0.2, 0.25) is 0 Å². The maximum absolute atomic E-state index is 10.2. The van der Waals surface area contributed by atoms with Gasteiger partial charge in [-0.25, -0.2) is 0 Å². The van der Waals surface area contributed by atoms with Gasteiger partial charge in [0.15, 0.2) is 0 Å². The van der Waals surface area contributed by atoms with E-state index in [-0.39, 0.29) is 5.60 Å². The lowest BCUT2D eigenvalue weighted by Gasteiger charge is -2.37. The standard InChI is InChI=1S/C12H13BrO3/c13-8-1-2-11-9(5-8)10(14)6-12(16-11)3-4-15-7-12/h1-2,5,10,14H,3-4,6-7H2. The maximum Gasteiger partial charge on any atom is 0.137 e. The van der Waals surface area contributed by atoms with E-state index in [2.05, 4.69) is 15.9 Å². The van der Waals surface area contributed by atoms with E-state index in [1.807, 2.05) is 18.2 Å². The van der Waals surface area contributed by atoms with Gasteiger partial charge in [-0.3, -0.25) is 0 Å². The number of aliphatic hydroxyl groups excluding tert-OH is 1. The highest BCUT2D eigenvalue weighted by molar-refractivity contribution is 9.10. The molecule has 1 aromatic carbocycles. The molecule has 3 nitrogen and oxygen atoms in total. The van der Waals surface area contributed by atoms with Crippen LogP contribution in [0.25, 0.3) is 0 Å². The van der Waals surface area contributed by atoms with Gasteiger partial charge < -0.3 is 14.6 Å². The Labute approximate surface area is 102 Å². The molecule has 16 heavy (non-hydrogen) atoms. The normalized spacial score (nSPS) is 32.5. The summed E-state index contributed by atoms with van der Waals surface area (Å²) < 4.78 is 12.3. The Balaban J connectivity index is 1.99. The average molecular weight is 285 g/mol. The van der Waals surface area contributed by atoms with Crippen LogP contribution >= 0.6 is 15.9 Å². The summed E-state index contributed by atoms with van der Waals surface area (Å²) in [6.45, 7) is 1.30. The van der Waals surface area contributed by atoms with Crippen LogP contribution < -0.4 is 4.74 Å². The molecule has 1 spiro atoms. The molecule has 0 aromatic heterocycles. The van der Waals surface area contributed by atoms with E-state index in [9.17, 15) is 5.11 Å². The van der Waals surface area contributed by atoms with Gasteiger partial charge in [-0.05, 0) is 18.2 Å². The third-order valence-electron chi connectivity index (χ3n) is 3.29. The van der Waals surface area contributed by atoms with Crippen LogP contribution in [-0.2, 0) is 4.74 Å². The van der Waals surface area contributed by atoms with Gasteiger partial charge >= 0.3 is 0 Å². The lowest BCUT2D eigenvalue weighted by molar-refractivity contribution is -0.0194. The largest absolute Gasteiger partial charge is 0.484 e. The van der Waals surface area contributed by atoms with Crippen LogP contribution in [0.15, 0.2) is 22.7 Å². The van der Waals surface area contributed by atoms with E-state index in [0.717, 1.165) is 28.8 Å². The van der Waals surface area contributed by atoms with E-state index in [4.69, 9.17) is 9.47 Å². The van der Waals surface area contributed by atoms with Gasteiger partial charge in [-0.1, -0.05) is 15.9 Å². The number of hydrogen-bond donors (Lipinski definition) is 1. The van der Waals surface area contributed by atoms with Crippen molar-refractivity contribution in [1.82, 2.24) is 0 Å². The van der Waals surface area contributed by atoms with Crippen molar-refractivity contribution in [2.24, 2.45) is 0 Å².